The van der Waals surface area contributed by atoms with Crippen LogP contribution in [0, 0.1) is 0 Å². The van der Waals surface area contributed by atoms with Crippen LogP contribution in [0.3, 0.4) is 0 Å². The van der Waals surface area contributed by atoms with E-state index in [1.54, 1.807) is 12.1 Å². The Hall–Kier alpha value is -1.87. The van der Waals surface area contributed by atoms with Crippen LogP contribution in [0.4, 0.5) is 0 Å². The molecule has 2 unspecified atom stereocenters. The van der Waals surface area contributed by atoms with Crippen LogP contribution in [0.15, 0.2) is 24.3 Å². The molecule has 0 saturated heterocycles. The molecule has 12 nitrogen and oxygen atoms in total. The van der Waals surface area contributed by atoms with E-state index in [4.69, 9.17) is 31.3 Å². The van der Waals surface area contributed by atoms with Gasteiger partial charge in [-0.1, -0.05) is 12.1 Å². The van der Waals surface area contributed by atoms with Gasteiger partial charge in [0.1, 0.15) is 24.5 Å². The maximum Gasteiger partial charge on any atom is 0.323 e. The number of carbonyl (C=O) groups is 1. The molecule has 0 spiro atoms. The van der Waals surface area contributed by atoms with Gasteiger partial charge < -0.3 is 15.6 Å². The standard InChI is InChI=1S/C15H25N3O9/c16-14(9-11-4-6-12(19)7-5-11)15(20)25-8-2-1-3-13(27-18(23)24)10-26-17(21)22/h4-7,13-14,19,21-24H,1-3,8-10,16H2. The molecule has 1 aromatic carbocycles. The minimum Gasteiger partial charge on any atom is -0.508 e. The Morgan fingerprint density at radius 3 is 2.33 bits per heavy atom. The molecule has 2 atom stereocenters. The third kappa shape index (κ3) is 10.8. The first-order valence-corrected chi connectivity index (χ1v) is 8.13. The number of unbranched alkanes of at least 4 members (excludes halogenated alkanes) is 1. The predicted octanol–water partition coefficient (Wildman–Crippen LogP) is 0.368. The summed E-state index contributed by atoms with van der Waals surface area (Å²) in [5, 5.41) is 42.4. The summed E-state index contributed by atoms with van der Waals surface area (Å²) in [6.07, 6.45) is 0.542. The molecule has 0 aliphatic carbocycles. The predicted molar refractivity (Wildman–Crippen MR) is 86.2 cm³/mol. The average molecular weight is 391 g/mol. The number of nitrogens with zero attached hydrogens (tertiary/aromatic N) is 2. The highest BCUT2D eigenvalue weighted by atomic mass is 17.1. The molecule has 0 aromatic heterocycles. The van der Waals surface area contributed by atoms with Gasteiger partial charge in [0.05, 0.1) is 17.4 Å². The third-order valence-electron chi connectivity index (χ3n) is 3.48. The van der Waals surface area contributed by atoms with Gasteiger partial charge in [-0.05, 0) is 43.4 Å². The minimum absolute atomic E-state index is 0.101. The molecule has 154 valence electrons. The molecule has 27 heavy (non-hydrogen) atoms. The number of rotatable bonds is 13. The molecule has 0 aliphatic heterocycles. The van der Waals surface area contributed by atoms with Crippen LogP contribution in [-0.2, 0) is 25.6 Å². The van der Waals surface area contributed by atoms with Crippen LogP contribution in [0.5, 0.6) is 5.75 Å². The average Bonchev–Trinajstić information content (AvgIpc) is 2.60. The number of phenols is 1. The van der Waals surface area contributed by atoms with Gasteiger partial charge in [0.2, 0.25) is 0 Å². The molecular weight excluding hydrogens is 366 g/mol. The number of aromatic hydroxyl groups is 1. The minimum atomic E-state index is -0.880. The van der Waals surface area contributed by atoms with E-state index in [-0.39, 0.29) is 31.8 Å². The molecule has 7 N–H and O–H groups in total. The van der Waals surface area contributed by atoms with Crippen LogP contribution >= 0.6 is 0 Å². The Kier molecular flexibility index (Phi) is 10.7. The quantitative estimate of drug-likeness (QED) is 0.155. The Morgan fingerprint density at radius 2 is 1.74 bits per heavy atom. The summed E-state index contributed by atoms with van der Waals surface area (Å²) in [6, 6.07) is 5.49. The van der Waals surface area contributed by atoms with E-state index < -0.39 is 28.9 Å². The Morgan fingerprint density at radius 1 is 1.07 bits per heavy atom. The van der Waals surface area contributed by atoms with Crippen LogP contribution in [-0.4, -0.2) is 68.0 Å². The van der Waals surface area contributed by atoms with E-state index in [9.17, 15) is 9.90 Å². The van der Waals surface area contributed by atoms with Gasteiger partial charge in [-0.3, -0.25) is 25.6 Å². The second-order valence-electron chi connectivity index (χ2n) is 5.67. The van der Waals surface area contributed by atoms with E-state index in [0.717, 1.165) is 5.56 Å². The van der Waals surface area contributed by atoms with Gasteiger partial charge in [0.25, 0.3) is 0 Å². The van der Waals surface area contributed by atoms with E-state index in [1.165, 1.54) is 12.1 Å². The van der Waals surface area contributed by atoms with Crippen molar-refractivity contribution in [2.24, 2.45) is 5.73 Å². The summed E-state index contributed by atoms with van der Waals surface area (Å²) in [4.78, 5) is 20.8. The van der Waals surface area contributed by atoms with Gasteiger partial charge >= 0.3 is 5.97 Å². The largest absolute Gasteiger partial charge is 0.508 e. The van der Waals surface area contributed by atoms with Gasteiger partial charge in [-0.2, -0.15) is 0 Å². The van der Waals surface area contributed by atoms with Gasteiger partial charge in [-0.15, -0.1) is 0 Å². The van der Waals surface area contributed by atoms with Crippen molar-refractivity contribution in [3.8, 4) is 5.75 Å². The lowest BCUT2D eigenvalue weighted by molar-refractivity contribution is -0.527. The monoisotopic (exact) mass is 391 g/mol. The van der Waals surface area contributed by atoms with Crippen LogP contribution in [0.1, 0.15) is 24.8 Å². The van der Waals surface area contributed by atoms with Crippen molar-refractivity contribution < 1.29 is 45.1 Å². The van der Waals surface area contributed by atoms with Crippen molar-refractivity contribution >= 4 is 5.97 Å². The molecule has 1 aromatic rings. The Labute approximate surface area is 155 Å². The van der Waals surface area contributed by atoms with Gasteiger partial charge in [-0.25, -0.2) is 9.68 Å². The summed E-state index contributed by atoms with van der Waals surface area (Å²) in [5.41, 5.74) is 6.57. The molecule has 12 heteroatoms. The maximum atomic E-state index is 11.9. The molecule has 0 bridgehead atoms. The van der Waals surface area contributed by atoms with Gasteiger partial charge in [0.15, 0.2) is 0 Å². The SMILES string of the molecule is NC(Cc1ccc(O)cc1)C(=O)OCCCCC(CON(O)O)ON(O)O. The number of phenolic OH excluding ortho intramolecular Hbond substituents is 1. The smallest absolute Gasteiger partial charge is 0.323 e. The van der Waals surface area contributed by atoms with E-state index in [0.29, 0.717) is 12.8 Å². The lowest BCUT2D eigenvalue weighted by atomic mass is 10.1. The number of carbonyl (C=O) groups excluding carboxylic acids is 1. The van der Waals surface area contributed by atoms with Crippen molar-refractivity contribution in [2.75, 3.05) is 13.2 Å². The summed E-state index contributed by atoms with van der Waals surface area (Å²) in [5.74, 6) is -0.439. The first-order chi connectivity index (χ1) is 12.8. The first-order valence-electron chi connectivity index (χ1n) is 8.13. The fraction of sp³-hybridized carbons (Fsp3) is 0.533. The highest BCUT2D eigenvalue weighted by molar-refractivity contribution is 5.75. The molecule has 1 rings (SSSR count). The second kappa shape index (κ2) is 12.5. The van der Waals surface area contributed by atoms with Crippen molar-refractivity contribution in [1.29, 1.82) is 0 Å². The first kappa shape index (κ1) is 23.2. The fourth-order valence-corrected chi connectivity index (χ4v) is 2.17. The van der Waals surface area contributed by atoms with Crippen molar-refractivity contribution in [1.82, 2.24) is 10.8 Å². The summed E-state index contributed by atoms with van der Waals surface area (Å²) >= 11 is 0. The van der Waals surface area contributed by atoms with Gasteiger partial charge in [0, 0.05) is 0 Å². The molecule has 0 saturated carbocycles. The number of ether oxygens (including phenoxy) is 1. The lowest BCUT2D eigenvalue weighted by Gasteiger charge is -2.19. The fourth-order valence-electron chi connectivity index (χ4n) is 2.17. The van der Waals surface area contributed by atoms with Crippen LogP contribution < -0.4 is 5.73 Å². The molecule has 0 aliphatic rings. The zero-order valence-corrected chi connectivity index (χ0v) is 14.5. The lowest BCUT2D eigenvalue weighted by Crippen LogP contribution is -2.34. The Balaban J connectivity index is 2.24. The van der Waals surface area contributed by atoms with Crippen LogP contribution in [0.25, 0.3) is 0 Å². The number of hydrogen-bond donors (Lipinski definition) is 6. The molecule has 0 fully saturated rings. The number of esters is 1. The van der Waals surface area contributed by atoms with E-state index in [1.807, 2.05) is 0 Å². The zero-order valence-electron chi connectivity index (χ0n) is 14.5. The highest BCUT2D eigenvalue weighted by Crippen LogP contribution is 2.12. The van der Waals surface area contributed by atoms with Crippen molar-refractivity contribution in [3.05, 3.63) is 29.8 Å². The topological polar surface area (TPSA) is 178 Å². The zero-order chi connectivity index (χ0) is 20.2. The number of nitrogens with two attached hydrogens (primary N) is 1. The number of benzene rings is 1. The van der Waals surface area contributed by atoms with Crippen LogP contribution in [0.2, 0.25) is 0 Å². The molecular formula is C15H25N3O9. The van der Waals surface area contributed by atoms with Crippen molar-refractivity contribution in [2.45, 2.75) is 37.8 Å². The second-order valence-corrected chi connectivity index (χ2v) is 5.67. The van der Waals surface area contributed by atoms with Crippen molar-refractivity contribution in [3.63, 3.8) is 0 Å². The highest BCUT2D eigenvalue weighted by Gasteiger charge is 2.17. The molecule has 0 amide bonds. The normalized spacial score (nSPS) is 13.7. The summed E-state index contributed by atoms with van der Waals surface area (Å²) < 4.78 is 5.08. The molecule has 0 heterocycles. The third-order valence-corrected chi connectivity index (χ3v) is 3.48. The summed E-state index contributed by atoms with van der Waals surface area (Å²) in [7, 11) is 0. The number of hydrogen-bond acceptors (Lipinski definition) is 12. The van der Waals surface area contributed by atoms with E-state index >= 15 is 0 Å². The summed E-state index contributed by atoms with van der Waals surface area (Å²) in [6.45, 7) is -0.258. The Bertz CT molecular complexity index is 542. The van der Waals surface area contributed by atoms with E-state index in [2.05, 4.69) is 9.68 Å². The maximum absolute atomic E-state index is 11.9. The molecule has 0 radical (unpaired) electrons.